The summed E-state index contributed by atoms with van der Waals surface area (Å²) in [7, 11) is 0. The van der Waals surface area contributed by atoms with Crippen LogP contribution in [0, 0.1) is 0 Å². The quantitative estimate of drug-likeness (QED) is 0.445. The number of benzene rings is 2. The molecular formula is C24H21ClN4O2S. The van der Waals surface area contributed by atoms with Crippen molar-refractivity contribution in [2.45, 2.75) is 6.54 Å². The minimum Gasteiger partial charge on any atom is -0.379 e. The first-order valence-electron chi connectivity index (χ1n) is 10.4. The second-order valence-electron chi connectivity index (χ2n) is 7.54. The van der Waals surface area contributed by atoms with Crippen molar-refractivity contribution in [3.63, 3.8) is 0 Å². The van der Waals surface area contributed by atoms with E-state index in [2.05, 4.69) is 15.2 Å². The van der Waals surface area contributed by atoms with Gasteiger partial charge < -0.3 is 4.74 Å². The molecule has 162 valence electrons. The van der Waals surface area contributed by atoms with Crippen molar-refractivity contribution in [2.75, 3.05) is 31.6 Å². The van der Waals surface area contributed by atoms with E-state index in [1.54, 1.807) is 6.07 Å². The van der Waals surface area contributed by atoms with Crippen LogP contribution in [0.25, 0.3) is 22.2 Å². The average molecular weight is 465 g/mol. The Morgan fingerprint density at radius 1 is 1.09 bits per heavy atom. The number of carbonyl (C=O) groups is 1. The molecule has 1 N–H and O–H groups in total. The van der Waals surface area contributed by atoms with Crippen LogP contribution in [-0.2, 0) is 11.3 Å². The van der Waals surface area contributed by atoms with Crippen molar-refractivity contribution in [3.8, 4) is 11.3 Å². The minimum atomic E-state index is -0.218. The number of morpholine rings is 1. The molecule has 1 fully saturated rings. The van der Waals surface area contributed by atoms with E-state index in [0.717, 1.165) is 55.0 Å². The van der Waals surface area contributed by atoms with Crippen molar-refractivity contribution in [2.24, 2.45) is 0 Å². The van der Waals surface area contributed by atoms with E-state index in [0.29, 0.717) is 21.4 Å². The zero-order valence-electron chi connectivity index (χ0n) is 17.3. The lowest BCUT2D eigenvalue weighted by Crippen LogP contribution is -2.35. The number of pyridine rings is 1. The molecule has 5 rings (SSSR count). The van der Waals surface area contributed by atoms with Crippen molar-refractivity contribution >= 4 is 44.9 Å². The number of halogens is 1. The van der Waals surface area contributed by atoms with Crippen LogP contribution in [0.5, 0.6) is 0 Å². The maximum atomic E-state index is 13.3. The average Bonchev–Trinajstić information content (AvgIpc) is 3.25. The van der Waals surface area contributed by atoms with Crippen LogP contribution in [0.3, 0.4) is 0 Å². The molecule has 1 aliphatic heterocycles. The maximum absolute atomic E-state index is 13.3. The highest BCUT2D eigenvalue weighted by Gasteiger charge is 2.17. The number of anilines is 1. The summed E-state index contributed by atoms with van der Waals surface area (Å²) in [5, 5.41) is 6.91. The molecule has 1 amide bonds. The van der Waals surface area contributed by atoms with Gasteiger partial charge in [-0.1, -0.05) is 48.0 Å². The van der Waals surface area contributed by atoms with Crippen molar-refractivity contribution in [1.29, 1.82) is 0 Å². The van der Waals surface area contributed by atoms with Gasteiger partial charge in [-0.3, -0.25) is 15.0 Å². The Balaban J connectivity index is 1.42. The van der Waals surface area contributed by atoms with Crippen molar-refractivity contribution in [1.82, 2.24) is 14.9 Å². The first kappa shape index (κ1) is 21.0. The van der Waals surface area contributed by atoms with E-state index in [9.17, 15) is 4.79 Å². The van der Waals surface area contributed by atoms with Gasteiger partial charge in [-0.2, -0.15) is 0 Å². The van der Waals surface area contributed by atoms with Crippen LogP contribution in [-0.4, -0.2) is 47.1 Å². The van der Waals surface area contributed by atoms with E-state index in [-0.39, 0.29) is 5.91 Å². The highest BCUT2D eigenvalue weighted by Crippen LogP contribution is 2.30. The van der Waals surface area contributed by atoms with Gasteiger partial charge >= 0.3 is 0 Å². The fraction of sp³-hybridized carbons (Fsp3) is 0.208. The molecule has 0 bridgehead atoms. The zero-order valence-corrected chi connectivity index (χ0v) is 18.8. The fourth-order valence-electron chi connectivity index (χ4n) is 3.76. The first-order valence-corrected chi connectivity index (χ1v) is 11.6. The maximum Gasteiger partial charge on any atom is 0.258 e. The summed E-state index contributed by atoms with van der Waals surface area (Å²) in [6.45, 7) is 4.04. The van der Waals surface area contributed by atoms with E-state index in [4.69, 9.17) is 21.3 Å². The number of nitrogens with one attached hydrogen (secondary N) is 1. The summed E-state index contributed by atoms with van der Waals surface area (Å²) in [6, 6.07) is 16.9. The van der Waals surface area contributed by atoms with Crippen molar-refractivity contribution < 1.29 is 9.53 Å². The Morgan fingerprint density at radius 3 is 2.72 bits per heavy atom. The molecule has 0 saturated carbocycles. The molecule has 1 saturated heterocycles. The molecule has 0 radical (unpaired) electrons. The van der Waals surface area contributed by atoms with Crippen LogP contribution < -0.4 is 5.32 Å². The number of hydrogen-bond acceptors (Lipinski definition) is 6. The largest absolute Gasteiger partial charge is 0.379 e. The number of amides is 1. The Morgan fingerprint density at radius 2 is 1.88 bits per heavy atom. The molecule has 3 heterocycles. The third kappa shape index (κ3) is 4.52. The zero-order chi connectivity index (χ0) is 21.9. The van der Waals surface area contributed by atoms with Gasteiger partial charge in [0.25, 0.3) is 5.91 Å². The lowest BCUT2D eigenvalue weighted by Gasteiger charge is -2.25. The van der Waals surface area contributed by atoms with Crippen molar-refractivity contribution in [3.05, 3.63) is 76.3 Å². The molecule has 0 unspecified atom stereocenters. The van der Waals surface area contributed by atoms with Gasteiger partial charge in [-0.25, -0.2) is 9.97 Å². The number of ether oxygens (including phenoxy) is 1. The molecule has 6 nitrogen and oxygen atoms in total. The summed E-state index contributed by atoms with van der Waals surface area (Å²) in [6.07, 6.45) is 0. The summed E-state index contributed by atoms with van der Waals surface area (Å²) >= 11 is 7.83. The molecule has 1 aliphatic rings. The minimum absolute atomic E-state index is 0.218. The number of nitrogens with zero attached hydrogens (tertiary/aromatic N) is 3. The van der Waals surface area contributed by atoms with Gasteiger partial charge in [0.15, 0.2) is 5.13 Å². The van der Waals surface area contributed by atoms with Crippen LogP contribution in [0.15, 0.2) is 60.0 Å². The normalized spacial score (nSPS) is 14.5. The lowest BCUT2D eigenvalue weighted by atomic mass is 10.0. The van der Waals surface area contributed by atoms with Gasteiger partial charge in [0.1, 0.15) is 0 Å². The van der Waals surface area contributed by atoms with Gasteiger partial charge in [-0.05, 0) is 18.2 Å². The molecular weight excluding hydrogens is 444 g/mol. The van der Waals surface area contributed by atoms with E-state index in [1.165, 1.54) is 11.3 Å². The summed E-state index contributed by atoms with van der Waals surface area (Å²) in [5.41, 5.74) is 3.67. The predicted octanol–water partition coefficient (Wildman–Crippen LogP) is 5.10. The molecule has 32 heavy (non-hydrogen) atoms. The highest BCUT2D eigenvalue weighted by atomic mass is 35.5. The second kappa shape index (κ2) is 9.34. The van der Waals surface area contributed by atoms with E-state index >= 15 is 0 Å². The third-order valence-corrected chi connectivity index (χ3v) is 6.51. The lowest BCUT2D eigenvalue weighted by molar-refractivity contribution is 0.0337. The highest BCUT2D eigenvalue weighted by molar-refractivity contribution is 7.14. The molecule has 4 aromatic rings. The standard InChI is InChI=1S/C24H21ClN4O2S/c25-20-7-3-1-6-18(20)22-13-19(17-5-2-4-8-21(17)27-22)23(30)28-24-26-16(15-32-24)14-29-9-11-31-12-10-29/h1-8,13,15H,9-12,14H2,(H,26,28,30). The van der Waals surface area contributed by atoms with Gasteiger partial charge in [0.05, 0.1) is 35.7 Å². The molecule has 0 aliphatic carbocycles. The summed E-state index contributed by atoms with van der Waals surface area (Å²) in [5.74, 6) is -0.218. The SMILES string of the molecule is O=C(Nc1nc(CN2CCOCC2)cs1)c1cc(-c2ccccc2Cl)nc2ccccc12. The number of hydrogen-bond donors (Lipinski definition) is 1. The summed E-state index contributed by atoms with van der Waals surface area (Å²) in [4.78, 5) is 24.9. The number of fused-ring (bicyclic) bond motifs is 1. The molecule has 2 aromatic carbocycles. The van der Waals surface area contributed by atoms with Crippen LogP contribution in [0.4, 0.5) is 5.13 Å². The number of para-hydroxylation sites is 1. The predicted molar refractivity (Wildman–Crippen MR) is 128 cm³/mol. The Labute approximate surface area is 194 Å². The number of aromatic nitrogens is 2. The smallest absolute Gasteiger partial charge is 0.258 e. The Hall–Kier alpha value is -2.84. The molecule has 8 heteroatoms. The van der Waals surface area contributed by atoms with Gasteiger partial charge in [0.2, 0.25) is 0 Å². The summed E-state index contributed by atoms with van der Waals surface area (Å²) < 4.78 is 5.40. The van der Waals surface area contributed by atoms with E-state index < -0.39 is 0 Å². The molecule has 2 aromatic heterocycles. The van der Waals surface area contributed by atoms with E-state index in [1.807, 2.05) is 53.9 Å². The number of thiazole rings is 1. The molecule has 0 spiro atoms. The number of rotatable bonds is 5. The Bertz CT molecular complexity index is 1270. The van der Waals surface area contributed by atoms with Crippen LogP contribution in [0.2, 0.25) is 5.02 Å². The first-order chi connectivity index (χ1) is 15.7. The Kier molecular flexibility index (Phi) is 6.14. The van der Waals surface area contributed by atoms with Gasteiger partial charge in [-0.15, -0.1) is 11.3 Å². The number of carbonyl (C=O) groups excluding carboxylic acids is 1. The van der Waals surface area contributed by atoms with Crippen LogP contribution >= 0.6 is 22.9 Å². The molecule has 0 atom stereocenters. The third-order valence-electron chi connectivity index (χ3n) is 5.37. The van der Waals surface area contributed by atoms with Crippen LogP contribution in [0.1, 0.15) is 16.1 Å². The second-order valence-corrected chi connectivity index (χ2v) is 8.80. The van der Waals surface area contributed by atoms with Gasteiger partial charge in [0, 0.05) is 41.0 Å². The topological polar surface area (TPSA) is 67.4 Å². The monoisotopic (exact) mass is 464 g/mol. The fourth-order valence-corrected chi connectivity index (χ4v) is 4.69.